The summed E-state index contributed by atoms with van der Waals surface area (Å²) >= 11 is 0. The first-order valence-corrected chi connectivity index (χ1v) is 6.17. The van der Waals surface area contributed by atoms with E-state index in [0.717, 1.165) is 12.5 Å². The molecule has 20 heavy (non-hydrogen) atoms. The summed E-state index contributed by atoms with van der Waals surface area (Å²) in [5.41, 5.74) is 4.55. The third kappa shape index (κ3) is 3.24. The standard InChI is InChI=1S/C13H15FN2O4/c1-19-10-5-4-8(7-9(10)14)12(17)15-16-13(18)11-3-2-6-20-11/h4-5,7,11H,2-3,6H2,1H3,(H,15,17)(H,16,18). The SMILES string of the molecule is COc1ccc(C(=O)NNC(=O)C2CCCO2)cc1F. The quantitative estimate of drug-likeness (QED) is 0.803. The minimum atomic E-state index is -0.648. The van der Waals surface area contributed by atoms with Gasteiger partial charge in [0.1, 0.15) is 6.10 Å². The predicted molar refractivity (Wildman–Crippen MR) is 67.5 cm³/mol. The topological polar surface area (TPSA) is 76.7 Å². The Balaban J connectivity index is 1.91. The third-order valence-corrected chi connectivity index (χ3v) is 2.94. The van der Waals surface area contributed by atoms with Gasteiger partial charge in [-0.05, 0) is 31.0 Å². The molecule has 0 saturated carbocycles. The summed E-state index contributed by atoms with van der Waals surface area (Å²) in [6.07, 6.45) is 0.900. The summed E-state index contributed by atoms with van der Waals surface area (Å²) in [6.45, 7) is 0.537. The van der Waals surface area contributed by atoms with Crippen LogP contribution in [0, 0.1) is 5.82 Å². The number of nitrogens with one attached hydrogen (secondary N) is 2. The van der Waals surface area contributed by atoms with Crippen LogP contribution >= 0.6 is 0 Å². The molecule has 1 atom stereocenters. The van der Waals surface area contributed by atoms with Crippen LogP contribution in [-0.2, 0) is 9.53 Å². The minimum absolute atomic E-state index is 0.0462. The Kier molecular flexibility index (Phi) is 4.52. The highest BCUT2D eigenvalue weighted by atomic mass is 19.1. The highest BCUT2D eigenvalue weighted by Gasteiger charge is 2.23. The smallest absolute Gasteiger partial charge is 0.269 e. The molecule has 1 aromatic rings. The first kappa shape index (κ1) is 14.3. The van der Waals surface area contributed by atoms with Gasteiger partial charge in [-0.2, -0.15) is 0 Å². The number of hydrogen-bond acceptors (Lipinski definition) is 4. The van der Waals surface area contributed by atoms with Gasteiger partial charge in [0.15, 0.2) is 11.6 Å². The summed E-state index contributed by atoms with van der Waals surface area (Å²) in [6, 6.07) is 3.77. The second-order valence-electron chi connectivity index (χ2n) is 4.29. The van der Waals surface area contributed by atoms with Crippen molar-refractivity contribution in [1.29, 1.82) is 0 Å². The van der Waals surface area contributed by atoms with E-state index >= 15 is 0 Å². The number of amides is 2. The number of methoxy groups -OCH3 is 1. The van der Waals surface area contributed by atoms with Crippen molar-refractivity contribution in [1.82, 2.24) is 10.9 Å². The summed E-state index contributed by atoms with van der Waals surface area (Å²) < 4.78 is 23.4. The predicted octanol–water partition coefficient (Wildman–Crippen LogP) is 0.774. The van der Waals surface area contributed by atoms with Crippen LogP contribution in [0.4, 0.5) is 4.39 Å². The number of carbonyl (C=O) groups is 2. The van der Waals surface area contributed by atoms with Crippen LogP contribution in [0.1, 0.15) is 23.2 Å². The van der Waals surface area contributed by atoms with Crippen molar-refractivity contribution in [3.8, 4) is 5.75 Å². The molecule has 0 bridgehead atoms. The van der Waals surface area contributed by atoms with Gasteiger partial charge >= 0.3 is 0 Å². The lowest BCUT2D eigenvalue weighted by Gasteiger charge is -2.11. The Labute approximate surface area is 115 Å². The normalized spacial score (nSPS) is 17.6. The monoisotopic (exact) mass is 282 g/mol. The van der Waals surface area contributed by atoms with E-state index in [1.54, 1.807) is 0 Å². The van der Waals surface area contributed by atoms with Gasteiger partial charge in [0, 0.05) is 12.2 Å². The molecule has 108 valence electrons. The zero-order chi connectivity index (χ0) is 14.5. The molecule has 2 N–H and O–H groups in total. The molecule has 0 radical (unpaired) electrons. The fourth-order valence-corrected chi connectivity index (χ4v) is 1.86. The number of halogens is 1. The minimum Gasteiger partial charge on any atom is -0.494 e. The largest absolute Gasteiger partial charge is 0.494 e. The van der Waals surface area contributed by atoms with Crippen molar-refractivity contribution in [2.75, 3.05) is 13.7 Å². The van der Waals surface area contributed by atoms with E-state index in [0.29, 0.717) is 13.0 Å². The van der Waals surface area contributed by atoms with E-state index in [2.05, 4.69) is 10.9 Å². The fourth-order valence-electron chi connectivity index (χ4n) is 1.86. The summed E-state index contributed by atoms with van der Waals surface area (Å²) in [7, 11) is 1.33. The highest BCUT2D eigenvalue weighted by Crippen LogP contribution is 2.17. The molecule has 7 heteroatoms. The van der Waals surface area contributed by atoms with Crippen molar-refractivity contribution in [3.05, 3.63) is 29.6 Å². The molecule has 1 aliphatic heterocycles. The second kappa shape index (κ2) is 6.33. The Morgan fingerprint density at radius 1 is 1.40 bits per heavy atom. The zero-order valence-electron chi connectivity index (χ0n) is 10.9. The molecule has 1 aliphatic rings. The maximum absolute atomic E-state index is 13.4. The van der Waals surface area contributed by atoms with E-state index < -0.39 is 23.7 Å². The molecule has 1 heterocycles. The lowest BCUT2D eigenvalue weighted by atomic mass is 10.2. The summed E-state index contributed by atoms with van der Waals surface area (Å²) in [5.74, 6) is -1.63. The molecule has 2 amide bonds. The van der Waals surface area contributed by atoms with Crippen LogP contribution in [0.25, 0.3) is 0 Å². The molecular formula is C13H15FN2O4. The maximum Gasteiger partial charge on any atom is 0.269 e. The average molecular weight is 282 g/mol. The third-order valence-electron chi connectivity index (χ3n) is 2.94. The second-order valence-corrected chi connectivity index (χ2v) is 4.29. The van der Waals surface area contributed by atoms with Crippen molar-refractivity contribution >= 4 is 11.8 Å². The van der Waals surface area contributed by atoms with Crippen LogP contribution in [0.2, 0.25) is 0 Å². The highest BCUT2D eigenvalue weighted by molar-refractivity contribution is 5.95. The molecule has 0 aliphatic carbocycles. The van der Waals surface area contributed by atoms with Gasteiger partial charge in [0.2, 0.25) is 0 Å². The van der Waals surface area contributed by atoms with Gasteiger partial charge in [-0.1, -0.05) is 0 Å². The Hall–Kier alpha value is -2.15. The van der Waals surface area contributed by atoms with Crippen molar-refractivity contribution in [2.45, 2.75) is 18.9 Å². The molecule has 1 unspecified atom stereocenters. The molecular weight excluding hydrogens is 267 g/mol. The van der Waals surface area contributed by atoms with E-state index in [1.165, 1.54) is 19.2 Å². The van der Waals surface area contributed by atoms with Gasteiger partial charge in [0.05, 0.1) is 7.11 Å². The molecule has 6 nitrogen and oxygen atoms in total. The number of hydrazine groups is 1. The first-order valence-electron chi connectivity index (χ1n) is 6.17. The van der Waals surface area contributed by atoms with Crippen molar-refractivity contribution < 1.29 is 23.5 Å². The fraction of sp³-hybridized carbons (Fsp3) is 0.385. The number of ether oxygens (including phenoxy) is 2. The lowest BCUT2D eigenvalue weighted by Crippen LogP contribution is -2.46. The van der Waals surface area contributed by atoms with E-state index in [1.807, 2.05) is 0 Å². The zero-order valence-corrected chi connectivity index (χ0v) is 10.9. The summed E-state index contributed by atoms with van der Waals surface area (Å²) in [4.78, 5) is 23.3. The van der Waals surface area contributed by atoms with Gasteiger partial charge in [0.25, 0.3) is 11.8 Å². The lowest BCUT2D eigenvalue weighted by molar-refractivity contribution is -0.130. The van der Waals surface area contributed by atoms with E-state index in [4.69, 9.17) is 9.47 Å². The van der Waals surface area contributed by atoms with Crippen LogP contribution in [0.15, 0.2) is 18.2 Å². The van der Waals surface area contributed by atoms with Crippen LogP contribution in [0.5, 0.6) is 5.75 Å². The molecule has 1 aromatic carbocycles. The van der Waals surface area contributed by atoms with Crippen LogP contribution in [0.3, 0.4) is 0 Å². The van der Waals surface area contributed by atoms with Crippen LogP contribution < -0.4 is 15.6 Å². The van der Waals surface area contributed by atoms with Crippen LogP contribution in [-0.4, -0.2) is 31.6 Å². The van der Waals surface area contributed by atoms with Crippen molar-refractivity contribution in [2.24, 2.45) is 0 Å². The Morgan fingerprint density at radius 2 is 2.20 bits per heavy atom. The molecule has 0 spiro atoms. The van der Waals surface area contributed by atoms with Gasteiger partial charge in [-0.25, -0.2) is 4.39 Å². The molecule has 1 fully saturated rings. The van der Waals surface area contributed by atoms with Gasteiger partial charge in [-0.15, -0.1) is 0 Å². The Morgan fingerprint density at radius 3 is 2.80 bits per heavy atom. The Bertz CT molecular complexity index is 515. The van der Waals surface area contributed by atoms with Gasteiger partial charge in [-0.3, -0.25) is 20.4 Å². The van der Waals surface area contributed by atoms with Gasteiger partial charge < -0.3 is 9.47 Å². The van der Waals surface area contributed by atoms with E-state index in [-0.39, 0.29) is 11.3 Å². The van der Waals surface area contributed by atoms with E-state index in [9.17, 15) is 14.0 Å². The average Bonchev–Trinajstić information content (AvgIpc) is 2.98. The summed E-state index contributed by atoms with van der Waals surface area (Å²) in [5, 5.41) is 0. The molecule has 0 aromatic heterocycles. The molecule has 2 rings (SSSR count). The molecule has 1 saturated heterocycles. The first-order chi connectivity index (χ1) is 9.61. The maximum atomic E-state index is 13.4. The van der Waals surface area contributed by atoms with Crippen molar-refractivity contribution in [3.63, 3.8) is 0 Å². The number of benzene rings is 1. The number of rotatable bonds is 3. The number of hydrogen-bond donors (Lipinski definition) is 2. The number of carbonyl (C=O) groups excluding carboxylic acids is 2.